The van der Waals surface area contributed by atoms with Crippen LogP contribution in [0.2, 0.25) is 0 Å². The first-order valence-corrected chi connectivity index (χ1v) is 7.95. The third-order valence-corrected chi connectivity index (χ3v) is 4.46. The number of nitrogens with one attached hydrogen (secondary N) is 1. The molecule has 0 spiro atoms. The van der Waals surface area contributed by atoms with E-state index >= 15 is 0 Å². The van der Waals surface area contributed by atoms with Crippen LogP contribution in [0.15, 0.2) is 33.7 Å². The Balaban J connectivity index is 2.34. The van der Waals surface area contributed by atoms with E-state index < -0.39 is 0 Å². The molecular formula is C14H18Br2N2O. The summed E-state index contributed by atoms with van der Waals surface area (Å²) >= 11 is 6.90. The number of phenolic OH excluding ortho intramolecular Hbond substituents is 1. The zero-order chi connectivity index (χ0) is 13.8. The zero-order valence-corrected chi connectivity index (χ0v) is 13.9. The molecule has 0 aliphatic carbocycles. The molecule has 0 bridgehead atoms. The van der Waals surface area contributed by atoms with E-state index in [9.17, 15) is 5.11 Å². The third kappa shape index (κ3) is 3.60. The molecule has 1 aliphatic heterocycles. The Bertz CT molecular complexity index is 459. The second kappa shape index (κ2) is 6.88. The fourth-order valence-electron chi connectivity index (χ4n) is 2.46. The van der Waals surface area contributed by atoms with Gasteiger partial charge >= 0.3 is 0 Å². The van der Waals surface area contributed by atoms with Gasteiger partial charge in [0.2, 0.25) is 0 Å². The van der Waals surface area contributed by atoms with E-state index in [0.717, 1.165) is 47.1 Å². The van der Waals surface area contributed by atoms with Crippen LogP contribution in [0.1, 0.15) is 18.0 Å². The van der Waals surface area contributed by atoms with Gasteiger partial charge < -0.3 is 10.4 Å². The predicted octanol–water partition coefficient (Wildman–Crippen LogP) is 3.44. The van der Waals surface area contributed by atoms with Gasteiger partial charge in [-0.05, 0) is 34.5 Å². The van der Waals surface area contributed by atoms with E-state index in [2.05, 4.69) is 48.7 Å². The van der Waals surface area contributed by atoms with Gasteiger partial charge in [0.15, 0.2) is 0 Å². The Morgan fingerprint density at radius 3 is 2.68 bits per heavy atom. The molecule has 0 radical (unpaired) electrons. The molecule has 2 rings (SSSR count). The van der Waals surface area contributed by atoms with Crippen LogP contribution in [0.25, 0.3) is 0 Å². The van der Waals surface area contributed by atoms with E-state index in [1.165, 1.54) is 0 Å². The number of phenols is 1. The average molecular weight is 390 g/mol. The summed E-state index contributed by atoms with van der Waals surface area (Å²) < 4.78 is 1.69. The first-order chi connectivity index (χ1) is 9.13. The molecule has 19 heavy (non-hydrogen) atoms. The Labute approximate surface area is 130 Å². The number of hydrogen-bond acceptors (Lipinski definition) is 3. The summed E-state index contributed by atoms with van der Waals surface area (Å²) in [4.78, 5) is 2.39. The van der Waals surface area contributed by atoms with Crippen LogP contribution >= 0.6 is 31.9 Å². The summed E-state index contributed by atoms with van der Waals surface area (Å²) in [6.07, 6.45) is 2.75. The van der Waals surface area contributed by atoms with E-state index in [1.54, 1.807) is 0 Å². The SMILES string of the molecule is C=CC[C@@H](c1cc(Br)cc(Br)c1O)N1CCNCC1. The van der Waals surface area contributed by atoms with Crippen LogP contribution in [0.4, 0.5) is 0 Å². The number of halogens is 2. The van der Waals surface area contributed by atoms with Crippen molar-refractivity contribution in [3.8, 4) is 5.75 Å². The lowest BCUT2D eigenvalue weighted by molar-refractivity contribution is 0.172. The average Bonchev–Trinajstić information content (AvgIpc) is 2.41. The standard InChI is InChI=1S/C14H18Br2N2O/c1-2-3-13(18-6-4-17-5-7-18)11-8-10(15)9-12(16)14(11)19/h2,8-9,13,17,19H,1,3-7H2/t13-/m0/s1. The number of aromatic hydroxyl groups is 1. The minimum Gasteiger partial charge on any atom is -0.506 e. The maximum absolute atomic E-state index is 10.3. The normalized spacial score (nSPS) is 18.2. The van der Waals surface area contributed by atoms with Gasteiger partial charge in [0.1, 0.15) is 5.75 Å². The summed E-state index contributed by atoms with van der Waals surface area (Å²) in [5, 5.41) is 13.7. The lowest BCUT2D eigenvalue weighted by Gasteiger charge is -2.35. The fourth-order valence-corrected chi connectivity index (χ4v) is 3.72. The Kier molecular flexibility index (Phi) is 5.45. The largest absolute Gasteiger partial charge is 0.506 e. The molecule has 1 heterocycles. The predicted molar refractivity (Wildman–Crippen MR) is 85.5 cm³/mol. The molecular weight excluding hydrogens is 372 g/mol. The van der Waals surface area contributed by atoms with Crippen molar-refractivity contribution in [3.05, 3.63) is 39.3 Å². The number of rotatable bonds is 4. The molecule has 1 aromatic rings. The molecule has 0 amide bonds. The molecule has 1 fully saturated rings. The third-order valence-electron chi connectivity index (χ3n) is 3.40. The molecule has 0 saturated carbocycles. The van der Waals surface area contributed by atoms with Crippen LogP contribution in [0, 0.1) is 0 Å². The number of benzene rings is 1. The van der Waals surface area contributed by atoms with Gasteiger partial charge in [-0.25, -0.2) is 0 Å². The molecule has 0 aromatic heterocycles. The topological polar surface area (TPSA) is 35.5 Å². The van der Waals surface area contributed by atoms with Crippen LogP contribution in [0.3, 0.4) is 0 Å². The molecule has 5 heteroatoms. The van der Waals surface area contributed by atoms with Gasteiger partial charge in [-0.3, -0.25) is 4.90 Å². The van der Waals surface area contributed by atoms with Crippen molar-refractivity contribution in [3.63, 3.8) is 0 Å². The van der Waals surface area contributed by atoms with E-state index in [1.807, 2.05) is 18.2 Å². The molecule has 1 aromatic carbocycles. The summed E-state index contributed by atoms with van der Waals surface area (Å²) in [6.45, 7) is 7.80. The number of hydrogen-bond donors (Lipinski definition) is 2. The van der Waals surface area contributed by atoms with Gasteiger partial charge in [-0.15, -0.1) is 6.58 Å². The van der Waals surface area contributed by atoms with Gasteiger partial charge in [0.25, 0.3) is 0 Å². The van der Waals surface area contributed by atoms with Crippen molar-refractivity contribution in [2.75, 3.05) is 26.2 Å². The van der Waals surface area contributed by atoms with Crippen LogP contribution in [0.5, 0.6) is 5.75 Å². The van der Waals surface area contributed by atoms with Crippen molar-refractivity contribution in [2.24, 2.45) is 0 Å². The molecule has 104 valence electrons. The smallest absolute Gasteiger partial charge is 0.134 e. The molecule has 1 atom stereocenters. The molecule has 1 saturated heterocycles. The van der Waals surface area contributed by atoms with Crippen LogP contribution in [-0.2, 0) is 0 Å². The number of nitrogens with zero attached hydrogens (tertiary/aromatic N) is 1. The highest BCUT2D eigenvalue weighted by Gasteiger charge is 2.24. The first-order valence-electron chi connectivity index (χ1n) is 6.37. The van der Waals surface area contributed by atoms with Gasteiger partial charge in [-0.2, -0.15) is 0 Å². The molecule has 3 nitrogen and oxygen atoms in total. The summed E-state index contributed by atoms with van der Waals surface area (Å²) in [5.41, 5.74) is 0.947. The highest BCUT2D eigenvalue weighted by Crippen LogP contribution is 2.38. The maximum Gasteiger partial charge on any atom is 0.134 e. The van der Waals surface area contributed by atoms with Crippen molar-refractivity contribution in [1.29, 1.82) is 0 Å². The Morgan fingerprint density at radius 2 is 2.05 bits per heavy atom. The Morgan fingerprint density at radius 1 is 1.37 bits per heavy atom. The van der Waals surface area contributed by atoms with Crippen molar-refractivity contribution < 1.29 is 5.11 Å². The minimum absolute atomic E-state index is 0.174. The quantitative estimate of drug-likeness (QED) is 0.774. The first kappa shape index (κ1) is 15.0. The second-order valence-electron chi connectivity index (χ2n) is 4.65. The van der Waals surface area contributed by atoms with E-state index in [4.69, 9.17) is 0 Å². The summed E-state index contributed by atoms with van der Waals surface area (Å²) in [6, 6.07) is 4.03. The molecule has 2 N–H and O–H groups in total. The number of piperazine rings is 1. The fraction of sp³-hybridized carbons (Fsp3) is 0.429. The lowest BCUT2D eigenvalue weighted by Crippen LogP contribution is -2.45. The molecule has 0 unspecified atom stereocenters. The zero-order valence-electron chi connectivity index (χ0n) is 10.7. The van der Waals surface area contributed by atoms with Crippen molar-refractivity contribution in [2.45, 2.75) is 12.5 Å². The monoisotopic (exact) mass is 388 g/mol. The highest BCUT2D eigenvalue weighted by molar-refractivity contribution is 9.11. The molecule has 1 aliphatic rings. The van der Waals surface area contributed by atoms with E-state index in [0.29, 0.717) is 5.75 Å². The van der Waals surface area contributed by atoms with Crippen LogP contribution in [-0.4, -0.2) is 36.2 Å². The highest BCUT2D eigenvalue weighted by atomic mass is 79.9. The minimum atomic E-state index is 0.174. The van der Waals surface area contributed by atoms with Gasteiger partial charge in [-0.1, -0.05) is 22.0 Å². The summed E-state index contributed by atoms with van der Waals surface area (Å²) in [7, 11) is 0. The maximum atomic E-state index is 10.3. The second-order valence-corrected chi connectivity index (χ2v) is 6.42. The van der Waals surface area contributed by atoms with Crippen LogP contribution < -0.4 is 5.32 Å². The lowest BCUT2D eigenvalue weighted by atomic mass is 10.00. The summed E-state index contributed by atoms with van der Waals surface area (Å²) in [5.74, 6) is 0.327. The van der Waals surface area contributed by atoms with Crippen molar-refractivity contribution in [1.82, 2.24) is 10.2 Å². The van der Waals surface area contributed by atoms with Gasteiger partial charge in [0.05, 0.1) is 4.47 Å². The van der Waals surface area contributed by atoms with Crippen molar-refractivity contribution >= 4 is 31.9 Å². The van der Waals surface area contributed by atoms with Gasteiger partial charge in [0, 0.05) is 42.3 Å². The van der Waals surface area contributed by atoms with E-state index in [-0.39, 0.29) is 6.04 Å². The Hall–Kier alpha value is -0.360.